The van der Waals surface area contributed by atoms with Crippen LogP contribution in [0.3, 0.4) is 0 Å². The first-order valence-electron chi connectivity index (χ1n) is 6.40. The molecule has 2 amide bonds. The number of rotatable bonds is 8. The summed E-state index contributed by atoms with van der Waals surface area (Å²) in [7, 11) is 0. The maximum atomic E-state index is 11.8. The first-order valence-corrected chi connectivity index (χ1v) is 6.40. The number of hydrogen-bond donors (Lipinski definition) is 3. The number of benzene rings is 1. The molecule has 1 rings (SSSR count). The Kier molecular flexibility index (Phi) is 6.22. The van der Waals surface area contributed by atoms with E-state index < -0.39 is 11.9 Å². The molecule has 0 aliphatic carbocycles. The van der Waals surface area contributed by atoms with E-state index in [9.17, 15) is 14.4 Å². The van der Waals surface area contributed by atoms with E-state index in [4.69, 9.17) is 10.8 Å². The van der Waals surface area contributed by atoms with Crippen molar-refractivity contribution in [3.8, 4) is 0 Å². The number of hydrogen-bond acceptors (Lipinski definition) is 3. The molecule has 0 aliphatic heterocycles. The van der Waals surface area contributed by atoms with Crippen molar-refractivity contribution in [2.75, 3.05) is 6.54 Å². The van der Waals surface area contributed by atoms with Crippen molar-refractivity contribution in [1.29, 1.82) is 0 Å². The van der Waals surface area contributed by atoms with Crippen LogP contribution < -0.4 is 11.1 Å². The predicted molar refractivity (Wildman–Crippen MR) is 73.4 cm³/mol. The standard InChI is InChI=1S/C14H18N2O4/c15-13(19)10-5-4-6-11(9-10)14(20)16-8-3-1-2-7-12(17)18/h4-6,9H,1-3,7-8H2,(H2,15,19)(H,16,20)(H,17,18). The van der Waals surface area contributed by atoms with Crippen LogP contribution >= 0.6 is 0 Å². The van der Waals surface area contributed by atoms with Gasteiger partial charge in [-0.05, 0) is 31.0 Å². The van der Waals surface area contributed by atoms with E-state index in [0.717, 1.165) is 6.42 Å². The average molecular weight is 278 g/mol. The van der Waals surface area contributed by atoms with E-state index in [1.165, 1.54) is 6.07 Å². The summed E-state index contributed by atoms with van der Waals surface area (Å²) < 4.78 is 0. The largest absolute Gasteiger partial charge is 0.481 e. The minimum atomic E-state index is -0.808. The highest BCUT2D eigenvalue weighted by Crippen LogP contribution is 2.05. The van der Waals surface area contributed by atoms with Crippen molar-refractivity contribution in [2.45, 2.75) is 25.7 Å². The molecule has 1 aromatic rings. The van der Waals surface area contributed by atoms with Gasteiger partial charge in [0, 0.05) is 24.1 Å². The van der Waals surface area contributed by atoms with Crippen LogP contribution in [0.15, 0.2) is 24.3 Å². The van der Waals surface area contributed by atoms with E-state index in [1.807, 2.05) is 0 Å². The molecule has 0 unspecified atom stereocenters. The van der Waals surface area contributed by atoms with E-state index in [0.29, 0.717) is 30.5 Å². The number of nitrogens with one attached hydrogen (secondary N) is 1. The van der Waals surface area contributed by atoms with Crippen molar-refractivity contribution in [2.24, 2.45) is 5.73 Å². The highest BCUT2D eigenvalue weighted by Gasteiger charge is 2.07. The second-order valence-electron chi connectivity index (χ2n) is 4.41. The van der Waals surface area contributed by atoms with Crippen LogP contribution in [0.4, 0.5) is 0 Å². The lowest BCUT2D eigenvalue weighted by molar-refractivity contribution is -0.137. The Labute approximate surface area is 117 Å². The second kappa shape index (κ2) is 7.93. The fourth-order valence-electron chi connectivity index (χ4n) is 1.70. The summed E-state index contributed by atoms with van der Waals surface area (Å²) in [5.41, 5.74) is 5.82. The lowest BCUT2D eigenvalue weighted by Crippen LogP contribution is -2.25. The van der Waals surface area contributed by atoms with Crippen LogP contribution in [0, 0.1) is 0 Å². The normalized spacial score (nSPS) is 10.0. The van der Waals surface area contributed by atoms with Crippen molar-refractivity contribution >= 4 is 17.8 Å². The zero-order valence-electron chi connectivity index (χ0n) is 11.1. The van der Waals surface area contributed by atoms with Crippen LogP contribution in [-0.4, -0.2) is 29.4 Å². The summed E-state index contributed by atoms with van der Waals surface area (Å²) in [4.78, 5) is 33.1. The highest BCUT2D eigenvalue weighted by atomic mass is 16.4. The number of unbranched alkanes of at least 4 members (excludes halogenated alkanes) is 2. The zero-order chi connectivity index (χ0) is 15.0. The molecule has 0 atom stereocenters. The maximum Gasteiger partial charge on any atom is 0.303 e. The van der Waals surface area contributed by atoms with Gasteiger partial charge in [-0.3, -0.25) is 14.4 Å². The Balaban J connectivity index is 2.34. The first kappa shape index (κ1) is 15.7. The predicted octanol–water partition coefficient (Wildman–Crippen LogP) is 1.16. The quantitative estimate of drug-likeness (QED) is 0.620. The molecule has 0 saturated heterocycles. The Bertz CT molecular complexity index is 500. The topological polar surface area (TPSA) is 109 Å². The zero-order valence-corrected chi connectivity index (χ0v) is 11.1. The number of primary amides is 1. The van der Waals surface area contributed by atoms with E-state index in [1.54, 1.807) is 18.2 Å². The van der Waals surface area contributed by atoms with Crippen molar-refractivity contribution in [3.63, 3.8) is 0 Å². The monoisotopic (exact) mass is 278 g/mol. The molecule has 108 valence electrons. The summed E-state index contributed by atoms with van der Waals surface area (Å²) in [5.74, 6) is -1.66. The van der Waals surface area contributed by atoms with Crippen LogP contribution in [0.25, 0.3) is 0 Å². The Morgan fingerprint density at radius 1 is 1.10 bits per heavy atom. The van der Waals surface area contributed by atoms with Gasteiger partial charge in [0.1, 0.15) is 0 Å². The van der Waals surface area contributed by atoms with Crippen LogP contribution in [-0.2, 0) is 4.79 Å². The number of aliphatic carboxylic acids is 1. The molecule has 0 radical (unpaired) electrons. The molecule has 0 saturated carbocycles. The van der Waals surface area contributed by atoms with E-state index in [2.05, 4.69) is 5.32 Å². The molecule has 6 heteroatoms. The third-order valence-electron chi connectivity index (χ3n) is 2.76. The molecule has 0 heterocycles. The molecule has 0 spiro atoms. The fourth-order valence-corrected chi connectivity index (χ4v) is 1.70. The lowest BCUT2D eigenvalue weighted by atomic mass is 10.1. The molecule has 0 fully saturated rings. The smallest absolute Gasteiger partial charge is 0.303 e. The van der Waals surface area contributed by atoms with Gasteiger partial charge in [-0.2, -0.15) is 0 Å². The number of amides is 2. The van der Waals surface area contributed by atoms with Gasteiger partial charge in [0.05, 0.1) is 0 Å². The summed E-state index contributed by atoms with van der Waals surface area (Å²) >= 11 is 0. The van der Waals surface area contributed by atoms with Gasteiger partial charge < -0.3 is 16.2 Å². The Hall–Kier alpha value is -2.37. The number of carboxylic acids is 1. The van der Waals surface area contributed by atoms with Gasteiger partial charge >= 0.3 is 5.97 Å². The molecule has 1 aromatic carbocycles. The van der Waals surface area contributed by atoms with Gasteiger partial charge in [0.15, 0.2) is 0 Å². The number of carboxylic acid groups (broad SMARTS) is 1. The molecule has 6 nitrogen and oxygen atoms in total. The van der Waals surface area contributed by atoms with Gasteiger partial charge in [0.2, 0.25) is 5.91 Å². The molecular formula is C14H18N2O4. The Morgan fingerprint density at radius 2 is 1.80 bits per heavy atom. The third kappa shape index (κ3) is 5.51. The van der Waals surface area contributed by atoms with Gasteiger partial charge in [-0.1, -0.05) is 12.5 Å². The van der Waals surface area contributed by atoms with Crippen molar-refractivity contribution in [3.05, 3.63) is 35.4 Å². The number of carbonyl (C=O) groups excluding carboxylic acids is 2. The lowest BCUT2D eigenvalue weighted by Gasteiger charge is -2.05. The minimum Gasteiger partial charge on any atom is -0.481 e. The van der Waals surface area contributed by atoms with Crippen molar-refractivity contribution in [1.82, 2.24) is 5.32 Å². The highest BCUT2D eigenvalue weighted by molar-refractivity contribution is 5.99. The number of carbonyl (C=O) groups is 3. The summed E-state index contributed by atoms with van der Waals surface area (Å²) in [6, 6.07) is 6.20. The summed E-state index contributed by atoms with van der Waals surface area (Å²) in [6.45, 7) is 0.471. The maximum absolute atomic E-state index is 11.8. The third-order valence-corrected chi connectivity index (χ3v) is 2.76. The minimum absolute atomic E-state index is 0.147. The van der Waals surface area contributed by atoms with Crippen LogP contribution in [0.2, 0.25) is 0 Å². The van der Waals surface area contributed by atoms with Crippen molar-refractivity contribution < 1.29 is 19.5 Å². The van der Waals surface area contributed by atoms with Crippen LogP contribution in [0.1, 0.15) is 46.4 Å². The van der Waals surface area contributed by atoms with Gasteiger partial charge in [-0.15, -0.1) is 0 Å². The molecule has 0 bridgehead atoms. The SMILES string of the molecule is NC(=O)c1cccc(C(=O)NCCCCCC(=O)O)c1. The summed E-state index contributed by atoms with van der Waals surface area (Å²) in [5, 5.41) is 11.2. The first-order chi connectivity index (χ1) is 9.50. The molecule has 0 aromatic heterocycles. The number of nitrogens with two attached hydrogens (primary N) is 1. The molecule has 0 aliphatic rings. The van der Waals surface area contributed by atoms with Gasteiger partial charge in [0.25, 0.3) is 5.91 Å². The van der Waals surface area contributed by atoms with Crippen LogP contribution in [0.5, 0.6) is 0 Å². The summed E-state index contributed by atoms with van der Waals surface area (Å²) in [6.07, 6.45) is 2.21. The molecule has 20 heavy (non-hydrogen) atoms. The van der Waals surface area contributed by atoms with E-state index >= 15 is 0 Å². The Morgan fingerprint density at radius 3 is 2.45 bits per heavy atom. The molecular weight excluding hydrogens is 260 g/mol. The molecule has 4 N–H and O–H groups in total. The fraction of sp³-hybridized carbons (Fsp3) is 0.357. The second-order valence-corrected chi connectivity index (χ2v) is 4.41. The van der Waals surface area contributed by atoms with E-state index in [-0.39, 0.29) is 12.3 Å². The van der Waals surface area contributed by atoms with Gasteiger partial charge in [-0.25, -0.2) is 0 Å². The average Bonchev–Trinajstić information content (AvgIpc) is 2.42.